The van der Waals surface area contributed by atoms with Gasteiger partial charge in [-0.15, -0.1) is 0 Å². The van der Waals surface area contributed by atoms with Crippen LogP contribution >= 0.6 is 0 Å². The van der Waals surface area contributed by atoms with Gasteiger partial charge >= 0.3 is 0 Å². The van der Waals surface area contributed by atoms with Gasteiger partial charge in [0.25, 0.3) is 0 Å². The molecule has 38 atom stereocenters. The molecular formula is C46H78O38. The van der Waals surface area contributed by atoms with E-state index in [0.29, 0.717) is 0 Å². The van der Waals surface area contributed by atoms with Gasteiger partial charge in [0.05, 0.1) is 52.4 Å². The predicted octanol–water partition coefficient (Wildman–Crippen LogP) is -16.1. The molecule has 0 aromatic heterocycles. The summed E-state index contributed by atoms with van der Waals surface area (Å²) in [5.74, 6) is 0. The fraction of sp³-hybridized carbons (Fsp3) is 1.00. The first kappa shape index (κ1) is 68.4. The first-order valence-corrected chi connectivity index (χ1v) is 26.8. The van der Waals surface area contributed by atoms with Gasteiger partial charge in [0.1, 0.15) is 177 Å². The van der Waals surface area contributed by atoms with Crippen molar-refractivity contribution < 1.29 is 189 Å². The number of rotatable bonds is 19. The maximum absolute atomic E-state index is 11.9. The van der Waals surface area contributed by atoms with Crippen molar-refractivity contribution in [3.8, 4) is 0 Å². The molecule has 8 aliphatic rings. The van der Waals surface area contributed by atoms with Gasteiger partial charge in [-0.3, -0.25) is 0 Å². The van der Waals surface area contributed by atoms with E-state index in [-0.39, 0.29) is 0 Å². The average molecular weight is 1240 g/mol. The lowest BCUT2D eigenvalue weighted by atomic mass is 9.95. The van der Waals surface area contributed by atoms with Crippen molar-refractivity contribution in [3.05, 3.63) is 0 Å². The van der Waals surface area contributed by atoms with Gasteiger partial charge in [-0.1, -0.05) is 0 Å². The highest BCUT2D eigenvalue weighted by Gasteiger charge is 2.58. The van der Waals surface area contributed by atoms with E-state index in [1.54, 1.807) is 0 Å². The van der Waals surface area contributed by atoms with Crippen LogP contribution in [-0.2, 0) is 71.1 Å². The number of ether oxygens (including phenoxy) is 15. The second-order valence-corrected chi connectivity index (χ2v) is 21.5. The lowest BCUT2D eigenvalue weighted by Gasteiger charge is -2.49. The van der Waals surface area contributed by atoms with Crippen LogP contribution in [0.25, 0.3) is 0 Å². The Morgan fingerprint density at radius 2 is 0.631 bits per heavy atom. The summed E-state index contributed by atoms with van der Waals surface area (Å²) in [4.78, 5) is 0. The van der Waals surface area contributed by atoms with Crippen LogP contribution in [0.1, 0.15) is 6.92 Å². The molecular weight excluding hydrogens is 1160 g/mol. The Hall–Kier alpha value is -1.52. The van der Waals surface area contributed by atoms with Crippen LogP contribution < -0.4 is 0 Å². The molecule has 0 radical (unpaired) electrons. The summed E-state index contributed by atoms with van der Waals surface area (Å²) in [7, 11) is 0. The smallest absolute Gasteiger partial charge is 0.187 e. The molecule has 0 saturated carbocycles. The Balaban J connectivity index is 1.07. The summed E-state index contributed by atoms with van der Waals surface area (Å²) in [6, 6.07) is 0. The quantitative estimate of drug-likeness (QED) is 0.0571. The number of hydrogen-bond donors (Lipinski definition) is 23. The summed E-state index contributed by atoms with van der Waals surface area (Å²) in [6.07, 6.45) is -74.2. The third-order valence-electron chi connectivity index (χ3n) is 15.8. The molecule has 8 rings (SSSR count). The van der Waals surface area contributed by atoms with Gasteiger partial charge < -0.3 is 189 Å². The zero-order valence-corrected chi connectivity index (χ0v) is 44.3. The third kappa shape index (κ3) is 14.3. The van der Waals surface area contributed by atoms with E-state index in [1.165, 1.54) is 6.92 Å². The predicted molar refractivity (Wildman–Crippen MR) is 251 cm³/mol. The molecule has 8 saturated heterocycles. The maximum Gasteiger partial charge on any atom is 0.187 e. The molecule has 38 heteroatoms. The van der Waals surface area contributed by atoms with E-state index in [1.807, 2.05) is 0 Å². The van der Waals surface area contributed by atoms with Gasteiger partial charge in [0, 0.05) is 0 Å². The molecule has 38 nitrogen and oxygen atoms in total. The largest absolute Gasteiger partial charge is 0.394 e. The molecule has 8 fully saturated rings. The Bertz CT molecular complexity index is 2010. The van der Waals surface area contributed by atoms with Crippen LogP contribution in [0, 0.1) is 0 Å². The summed E-state index contributed by atoms with van der Waals surface area (Å²) in [5.41, 5.74) is 0. The highest BCUT2D eigenvalue weighted by Crippen LogP contribution is 2.37. The summed E-state index contributed by atoms with van der Waals surface area (Å²) in [6.45, 7) is -4.85. The third-order valence-corrected chi connectivity index (χ3v) is 15.8. The molecule has 0 aliphatic carbocycles. The van der Waals surface area contributed by atoms with Gasteiger partial charge in [-0.2, -0.15) is 0 Å². The monoisotopic (exact) mass is 1240 g/mol. The normalized spacial score (nSPS) is 54.3. The topological polar surface area (TPSA) is 604 Å². The van der Waals surface area contributed by atoms with Crippen molar-refractivity contribution in [2.24, 2.45) is 0 Å². The Labute approximate surface area is 474 Å². The molecule has 1 unspecified atom stereocenters. The molecule has 0 amide bonds. The van der Waals surface area contributed by atoms with E-state index < -0.39 is 280 Å². The highest BCUT2D eigenvalue weighted by atomic mass is 16.8. The van der Waals surface area contributed by atoms with Gasteiger partial charge in [0.15, 0.2) is 50.3 Å². The van der Waals surface area contributed by atoms with Crippen LogP contribution in [0.4, 0.5) is 0 Å². The summed E-state index contributed by atoms with van der Waals surface area (Å²) >= 11 is 0. The molecule has 490 valence electrons. The fourth-order valence-corrected chi connectivity index (χ4v) is 10.6. The second-order valence-electron chi connectivity index (χ2n) is 21.5. The summed E-state index contributed by atoms with van der Waals surface area (Å²) in [5, 5.41) is 247. The second kappa shape index (κ2) is 29.2. The van der Waals surface area contributed by atoms with Gasteiger partial charge in [-0.25, -0.2) is 0 Å². The molecule has 84 heavy (non-hydrogen) atoms. The van der Waals surface area contributed by atoms with Gasteiger partial charge in [0.2, 0.25) is 0 Å². The zero-order chi connectivity index (χ0) is 61.5. The molecule has 0 aromatic rings. The van der Waals surface area contributed by atoms with E-state index in [4.69, 9.17) is 71.1 Å². The Morgan fingerprint density at radius 3 is 1.15 bits per heavy atom. The lowest BCUT2D eigenvalue weighted by molar-refractivity contribution is -0.398. The zero-order valence-electron chi connectivity index (χ0n) is 44.3. The Kier molecular flexibility index (Phi) is 23.8. The minimum Gasteiger partial charge on any atom is -0.394 e. The van der Waals surface area contributed by atoms with Gasteiger partial charge in [-0.05, 0) is 6.92 Å². The molecule has 8 aliphatic heterocycles. The number of aliphatic hydroxyl groups is 23. The van der Waals surface area contributed by atoms with Crippen LogP contribution in [0.5, 0.6) is 0 Å². The van der Waals surface area contributed by atoms with E-state index in [2.05, 4.69) is 0 Å². The number of aliphatic hydroxyl groups excluding tert-OH is 23. The van der Waals surface area contributed by atoms with Crippen molar-refractivity contribution in [2.45, 2.75) is 240 Å². The first-order valence-electron chi connectivity index (χ1n) is 26.8. The maximum atomic E-state index is 11.9. The minimum atomic E-state index is -2.35. The fourth-order valence-electron chi connectivity index (χ4n) is 10.6. The van der Waals surface area contributed by atoms with Crippen molar-refractivity contribution in [1.29, 1.82) is 0 Å². The molecule has 0 bridgehead atoms. The SMILES string of the molecule is C[C@@H]1O[C@@H](O[C@H]2[C@H](O[C@H]3[C@@H](OC[C@H]4O[C@@H](O[C@H]5[C@H](O)[C@@H](O)C(O)O[C@@H]5CO)[C@H](O)[C@@H](O)[C@@H]4O[C@@H]4O[C@H](CO[C@H]5OC[C@@H](O)[C@H](O)[C@H]5O)[C@@H](O[C@@H]5O[C@H](CO)[C@@H](O)[C@H](O)[C@H]5O)[C@H](O)[C@H]4O)OC[C@@H](O)[C@@H]3O)O[C@H](CO)[C@H](O)[C@@H]2O)[C@@H](O)[C@H](O)[C@@H]1O. The number of hydrogen-bond acceptors (Lipinski definition) is 38. The standard InChI is InChI=1S/C46H78O38/c1-9-17(52)22(57)30(65)41(74-9)83-38-24(59)21(56)13(3-48)77-46(38)84-37-19(54)11(51)6-71-45(37)73-8-16-36(26(61)32(67)43(79-16)80-34-14(4-49)75-39(69)28(63)25(34)60)82-44-33(68)27(62)35(81-42-31(66)23(58)20(55)12(2-47)76-42)15(78-44)7-72-40-29(64)18(53)10(50)5-70-40/h9-69H,2-8H2,1H3/t9-,10+,11+,12+,13+,14+,15+,16+,17+,18-,19-,20+,21-,22+,23-,24-,25+,26+,27+,28+,29+,30-,31+,32+,33+,34+,35+,36+,37+,38+,39?,40+,41-,42-,43-,44-,45+,46-/m0/s1. The van der Waals surface area contributed by atoms with E-state index >= 15 is 0 Å². The van der Waals surface area contributed by atoms with Crippen molar-refractivity contribution in [3.63, 3.8) is 0 Å². The minimum absolute atomic E-state index is 0.574. The van der Waals surface area contributed by atoms with Crippen LogP contribution in [-0.4, -0.2) is 397 Å². The van der Waals surface area contributed by atoms with Crippen LogP contribution in [0.2, 0.25) is 0 Å². The van der Waals surface area contributed by atoms with Crippen molar-refractivity contribution >= 4 is 0 Å². The highest BCUT2D eigenvalue weighted by molar-refractivity contribution is 5.00. The van der Waals surface area contributed by atoms with Crippen LogP contribution in [0.3, 0.4) is 0 Å². The summed E-state index contributed by atoms with van der Waals surface area (Å²) < 4.78 is 85.8. The molecule has 23 N–H and O–H groups in total. The lowest BCUT2D eigenvalue weighted by Crippen LogP contribution is -2.68. The van der Waals surface area contributed by atoms with Crippen molar-refractivity contribution in [1.82, 2.24) is 0 Å². The van der Waals surface area contributed by atoms with E-state index in [9.17, 15) is 117 Å². The first-order chi connectivity index (χ1) is 39.7. The Morgan fingerprint density at radius 1 is 0.286 bits per heavy atom. The van der Waals surface area contributed by atoms with E-state index in [0.717, 1.165) is 0 Å². The molecule has 0 aromatic carbocycles. The van der Waals surface area contributed by atoms with Crippen LogP contribution in [0.15, 0.2) is 0 Å². The average Bonchev–Trinajstić information content (AvgIpc) is 3.68. The molecule has 0 spiro atoms. The molecule has 8 heterocycles. The van der Waals surface area contributed by atoms with Crippen molar-refractivity contribution in [2.75, 3.05) is 46.2 Å².